The molecule has 0 aromatic carbocycles. The minimum atomic E-state index is 0.0764. The fourth-order valence-electron chi connectivity index (χ4n) is 1.36. The van der Waals surface area contributed by atoms with Crippen LogP contribution >= 0.6 is 0 Å². The van der Waals surface area contributed by atoms with Crippen LogP contribution in [0.3, 0.4) is 0 Å². The van der Waals surface area contributed by atoms with Crippen LogP contribution in [0.2, 0.25) is 0 Å². The van der Waals surface area contributed by atoms with Gasteiger partial charge in [-0.15, -0.1) is 0 Å². The number of hydrogen-bond donors (Lipinski definition) is 1. The second kappa shape index (κ2) is 3.72. The molecule has 3 nitrogen and oxygen atoms in total. The Balaban J connectivity index is 2.22. The van der Waals surface area contributed by atoms with Gasteiger partial charge in [-0.25, -0.2) is 0 Å². The second-order valence-corrected chi connectivity index (χ2v) is 3.09. The van der Waals surface area contributed by atoms with Crippen molar-refractivity contribution in [3.8, 4) is 0 Å². The number of nitrogens with zero attached hydrogens (tertiary/aromatic N) is 1. The van der Waals surface area contributed by atoms with E-state index in [1.807, 2.05) is 4.90 Å². The molecule has 1 rings (SSSR count). The number of amides is 1. The summed E-state index contributed by atoms with van der Waals surface area (Å²) in [5.41, 5.74) is 0. The Labute approximate surface area is 67.8 Å². The van der Waals surface area contributed by atoms with E-state index >= 15 is 0 Å². The predicted molar refractivity (Wildman–Crippen MR) is 43.8 cm³/mol. The Morgan fingerprint density at radius 3 is 2.55 bits per heavy atom. The largest absolute Gasteiger partial charge is 0.459 e. The summed E-state index contributed by atoms with van der Waals surface area (Å²) in [6.07, 6.45) is 2.06. The lowest BCUT2D eigenvalue weighted by Crippen LogP contribution is -2.41. The summed E-state index contributed by atoms with van der Waals surface area (Å²) in [5, 5.41) is 2.91. The predicted octanol–water partition coefficient (Wildman–Crippen LogP) is 0.378. The van der Waals surface area contributed by atoms with Gasteiger partial charge in [0.05, 0.1) is 0 Å². The smallest absolute Gasteiger partial charge is 0.217 e. The molecule has 0 radical (unpaired) electrons. The summed E-state index contributed by atoms with van der Waals surface area (Å²) in [6.45, 7) is 3.55. The van der Waals surface area contributed by atoms with Gasteiger partial charge in [-0.2, -0.15) is 0 Å². The van der Waals surface area contributed by atoms with E-state index in [-0.39, 0.29) is 5.91 Å². The van der Waals surface area contributed by atoms with Gasteiger partial charge in [0.1, 0.15) is 0 Å². The number of carbonyl (C=O) groups excluding carboxylic acids is 1. The van der Waals surface area contributed by atoms with Crippen molar-refractivity contribution >= 4 is 5.91 Å². The van der Waals surface area contributed by atoms with Crippen molar-refractivity contribution in [2.45, 2.75) is 25.8 Å². The maximum atomic E-state index is 10.7. The number of hydrogen-bond acceptors (Lipinski definition) is 2. The highest BCUT2D eigenvalue weighted by atomic mass is 16.1. The van der Waals surface area contributed by atoms with Gasteiger partial charge in [0.25, 0.3) is 0 Å². The van der Waals surface area contributed by atoms with Gasteiger partial charge >= 0.3 is 0 Å². The van der Waals surface area contributed by atoms with Gasteiger partial charge < -0.3 is 10.2 Å². The van der Waals surface area contributed by atoms with Crippen molar-refractivity contribution in [2.24, 2.45) is 0 Å². The Morgan fingerprint density at radius 1 is 1.55 bits per heavy atom. The highest BCUT2D eigenvalue weighted by Gasteiger charge is 2.13. The number of likely N-dealkylation sites (tertiary alicyclic amines) is 1. The molecule has 11 heavy (non-hydrogen) atoms. The molecule has 0 aromatic heterocycles. The van der Waals surface area contributed by atoms with Crippen molar-refractivity contribution in [2.75, 3.05) is 13.1 Å². The van der Waals surface area contributed by atoms with Crippen LogP contribution in [0, 0.1) is 7.05 Å². The van der Waals surface area contributed by atoms with Gasteiger partial charge in [0.15, 0.2) is 0 Å². The van der Waals surface area contributed by atoms with Crippen LogP contribution in [0.15, 0.2) is 0 Å². The number of piperidine rings is 1. The monoisotopic (exact) mass is 155 g/mol. The first-order valence-electron chi connectivity index (χ1n) is 4.01. The van der Waals surface area contributed by atoms with Crippen LogP contribution in [-0.2, 0) is 4.79 Å². The molecular weight excluding hydrogens is 140 g/mol. The standard InChI is InChI=1S/C8H15N2O/c1-7(11)9-8-3-5-10(2)6-4-8/h8H,2-6H2,1H3,(H,9,11)/q-1. The van der Waals surface area contributed by atoms with Crippen LogP contribution in [0.25, 0.3) is 0 Å². The molecule has 1 aliphatic heterocycles. The van der Waals surface area contributed by atoms with Crippen LogP contribution in [0.5, 0.6) is 0 Å². The SMILES string of the molecule is [CH2-]N1CCC(NC(C)=O)CC1. The van der Waals surface area contributed by atoms with Crippen LogP contribution in [-0.4, -0.2) is 29.9 Å². The second-order valence-electron chi connectivity index (χ2n) is 3.09. The van der Waals surface area contributed by atoms with Crippen LogP contribution in [0.4, 0.5) is 0 Å². The lowest BCUT2D eigenvalue weighted by molar-refractivity contribution is -0.119. The van der Waals surface area contributed by atoms with Gasteiger partial charge in [-0.05, 0) is 25.9 Å². The van der Waals surface area contributed by atoms with Gasteiger partial charge in [-0.1, -0.05) is 0 Å². The summed E-state index contributed by atoms with van der Waals surface area (Å²) in [5.74, 6) is 0.0764. The topological polar surface area (TPSA) is 32.3 Å². The lowest BCUT2D eigenvalue weighted by Gasteiger charge is -2.34. The van der Waals surface area contributed by atoms with Crippen molar-refractivity contribution in [1.82, 2.24) is 10.2 Å². The van der Waals surface area contributed by atoms with E-state index in [0.717, 1.165) is 25.9 Å². The van der Waals surface area contributed by atoms with E-state index in [9.17, 15) is 4.79 Å². The molecule has 3 heteroatoms. The minimum Gasteiger partial charge on any atom is -0.459 e. The first kappa shape index (κ1) is 8.53. The molecule has 1 N–H and O–H groups in total. The van der Waals surface area contributed by atoms with E-state index in [4.69, 9.17) is 0 Å². The molecule has 1 saturated heterocycles. The Hall–Kier alpha value is -0.570. The molecule has 0 aliphatic carbocycles. The molecular formula is C8H15N2O-. The van der Waals surface area contributed by atoms with Crippen LogP contribution in [0.1, 0.15) is 19.8 Å². The fraction of sp³-hybridized carbons (Fsp3) is 0.750. The number of carbonyl (C=O) groups is 1. The van der Waals surface area contributed by atoms with Crippen molar-refractivity contribution < 1.29 is 4.79 Å². The highest BCUT2D eigenvalue weighted by molar-refractivity contribution is 5.73. The van der Waals surface area contributed by atoms with Gasteiger partial charge in [0.2, 0.25) is 5.91 Å². The molecule has 0 saturated carbocycles. The maximum absolute atomic E-state index is 10.7. The molecule has 64 valence electrons. The molecule has 1 heterocycles. The molecule has 1 fully saturated rings. The third kappa shape index (κ3) is 2.89. The zero-order valence-electron chi connectivity index (χ0n) is 6.97. The van der Waals surface area contributed by atoms with E-state index in [1.54, 1.807) is 6.92 Å². The molecule has 1 aliphatic rings. The van der Waals surface area contributed by atoms with Crippen molar-refractivity contribution in [1.29, 1.82) is 0 Å². The average molecular weight is 155 g/mol. The highest BCUT2D eigenvalue weighted by Crippen LogP contribution is 2.08. The minimum absolute atomic E-state index is 0.0764. The molecule has 0 unspecified atom stereocenters. The summed E-state index contributed by atoms with van der Waals surface area (Å²) < 4.78 is 0. The summed E-state index contributed by atoms with van der Waals surface area (Å²) in [7, 11) is 3.83. The Morgan fingerprint density at radius 2 is 2.09 bits per heavy atom. The molecule has 0 aromatic rings. The van der Waals surface area contributed by atoms with Gasteiger partial charge in [0, 0.05) is 13.0 Å². The fourth-order valence-corrected chi connectivity index (χ4v) is 1.36. The molecule has 1 amide bonds. The van der Waals surface area contributed by atoms with Gasteiger partial charge in [-0.3, -0.25) is 11.8 Å². The average Bonchev–Trinajstić information content (AvgIpc) is 1.93. The maximum Gasteiger partial charge on any atom is 0.217 e. The van der Waals surface area contributed by atoms with E-state index in [1.165, 1.54) is 0 Å². The lowest BCUT2D eigenvalue weighted by atomic mass is 10.1. The summed E-state index contributed by atoms with van der Waals surface area (Å²) in [6, 6.07) is 0.380. The third-order valence-corrected chi connectivity index (χ3v) is 1.99. The summed E-state index contributed by atoms with van der Waals surface area (Å²) >= 11 is 0. The third-order valence-electron chi connectivity index (χ3n) is 1.99. The molecule has 0 bridgehead atoms. The number of nitrogens with one attached hydrogen (secondary N) is 1. The van der Waals surface area contributed by atoms with Crippen molar-refractivity contribution in [3.05, 3.63) is 7.05 Å². The molecule has 0 atom stereocenters. The first-order chi connectivity index (χ1) is 5.18. The molecule has 0 spiro atoms. The van der Waals surface area contributed by atoms with Crippen LogP contribution < -0.4 is 5.32 Å². The first-order valence-corrected chi connectivity index (χ1v) is 4.01. The Kier molecular flexibility index (Phi) is 2.88. The zero-order valence-corrected chi connectivity index (χ0v) is 6.97. The summed E-state index contributed by atoms with van der Waals surface area (Å²) in [4.78, 5) is 12.7. The van der Waals surface area contributed by atoms with E-state index in [0.29, 0.717) is 6.04 Å². The normalized spacial score (nSPS) is 21.6. The van der Waals surface area contributed by atoms with Crippen molar-refractivity contribution in [3.63, 3.8) is 0 Å². The number of rotatable bonds is 1. The zero-order chi connectivity index (χ0) is 8.27. The van der Waals surface area contributed by atoms with E-state index in [2.05, 4.69) is 12.4 Å². The Bertz CT molecular complexity index is 139. The quantitative estimate of drug-likeness (QED) is 0.555. The van der Waals surface area contributed by atoms with E-state index < -0.39 is 0 Å².